The van der Waals surface area contributed by atoms with Gasteiger partial charge in [0.1, 0.15) is 17.1 Å². The maximum atomic E-state index is 12.7. The highest BCUT2D eigenvalue weighted by Gasteiger charge is 2.16. The van der Waals surface area contributed by atoms with E-state index in [1.54, 1.807) is 12.3 Å². The monoisotopic (exact) mass is 485 g/mol. The van der Waals surface area contributed by atoms with E-state index in [9.17, 15) is 4.79 Å². The molecule has 0 aliphatic rings. The summed E-state index contributed by atoms with van der Waals surface area (Å²) in [5, 5.41) is 3.82. The van der Waals surface area contributed by atoms with Gasteiger partial charge in [-0.25, -0.2) is 4.98 Å². The van der Waals surface area contributed by atoms with Crippen molar-refractivity contribution in [3.63, 3.8) is 0 Å². The number of furan rings is 1. The number of ether oxygens (including phenoxy) is 1. The van der Waals surface area contributed by atoms with E-state index in [0.717, 1.165) is 50.3 Å². The van der Waals surface area contributed by atoms with E-state index in [1.165, 1.54) is 0 Å². The Labute approximate surface area is 213 Å². The molecule has 0 spiro atoms. The highest BCUT2D eigenvalue weighted by atomic mass is 16.5. The Bertz CT molecular complexity index is 1670. The molecule has 6 aromatic rings. The van der Waals surface area contributed by atoms with Gasteiger partial charge in [0.2, 0.25) is 0 Å². The zero-order valence-corrected chi connectivity index (χ0v) is 19.8. The Balaban J connectivity index is 1.28. The van der Waals surface area contributed by atoms with Gasteiger partial charge in [-0.2, -0.15) is 0 Å². The van der Waals surface area contributed by atoms with Crippen LogP contribution < -0.4 is 10.1 Å². The fourth-order valence-electron chi connectivity index (χ4n) is 4.26. The molecule has 0 fully saturated rings. The predicted octanol–water partition coefficient (Wildman–Crippen LogP) is 7.21. The van der Waals surface area contributed by atoms with E-state index in [1.807, 2.05) is 97.3 Å². The van der Waals surface area contributed by atoms with Crippen molar-refractivity contribution in [1.29, 1.82) is 0 Å². The number of carbonyl (C=O) groups excluding carboxylic acids is 1. The second kappa shape index (κ2) is 9.87. The van der Waals surface area contributed by atoms with E-state index < -0.39 is 0 Å². The number of pyridine rings is 1. The third-order valence-electron chi connectivity index (χ3n) is 6.13. The van der Waals surface area contributed by atoms with Crippen molar-refractivity contribution in [3.05, 3.63) is 127 Å². The Morgan fingerprint density at radius 1 is 0.865 bits per heavy atom. The summed E-state index contributed by atoms with van der Waals surface area (Å²) >= 11 is 0. The molecule has 0 saturated carbocycles. The first-order valence-electron chi connectivity index (χ1n) is 11.9. The number of fused-ring (bicyclic) bond motifs is 1. The molecule has 0 unspecified atom stereocenters. The smallest absolute Gasteiger partial charge is 0.287 e. The summed E-state index contributed by atoms with van der Waals surface area (Å²) in [6.45, 7) is 0.431. The van der Waals surface area contributed by atoms with Crippen LogP contribution in [0.1, 0.15) is 16.1 Å². The SMILES string of the molecule is O=C(NCc1ccccc1)c1cc(-c2c[nH]c3ncc(-c4ccccc4Oc4ccccc4)cc23)co1. The zero-order chi connectivity index (χ0) is 25.0. The number of rotatable bonds is 7. The predicted molar refractivity (Wildman–Crippen MR) is 143 cm³/mol. The van der Waals surface area contributed by atoms with Gasteiger partial charge in [-0.3, -0.25) is 4.79 Å². The summed E-state index contributed by atoms with van der Waals surface area (Å²) in [5.74, 6) is 1.50. The molecule has 1 amide bonds. The van der Waals surface area contributed by atoms with Gasteiger partial charge in [0, 0.05) is 46.6 Å². The van der Waals surface area contributed by atoms with Crippen LogP contribution in [0.4, 0.5) is 0 Å². The van der Waals surface area contributed by atoms with Crippen LogP contribution in [0.3, 0.4) is 0 Å². The Kier molecular flexibility index (Phi) is 5.97. The number of H-pyrrole nitrogens is 1. The van der Waals surface area contributed by atoms with Crippen LogP contribution in [0, 0.1) is 0 Å². The Morgan fingerprint density at radius 3 is 2.46 bits per heavy atom. The quantitative estimate of drug-likeness (QED) is 0.250. The number of carbonyl (C=O) groups is 1. The number of hydrogen-bond acceptors (Lipinski definition) is 4. The van der Waals surface area contributed by atoms with Crippen molar-refractivity contribution >= 4 is 16.9 Å². The number of benzene rings is 3. The molecule has 37 heavy (non-hydrogen) atoms. The molecule has 3 aromatic carbocycles. The molecule has 6 nitrogen and oxygen atoms in total. The average Bonchev–Trinajstić information content (AvgIpc) is 3.60. The average molecular weight is 486 g/mol. The summed E-state index contributed by atoms with van der Waals surface area (Å²) in [5.41, 5.74) is 5.32. The van der Waals surface area contributed by atoms with Crippen molar-refractivity contribution in [2.24, 2.45) is 0 Å². The number of aromatic amines is 1. The van der Waals surface area contributed by atoms with E-state index in [2.05, 4.69) is 21.4 Å². The molecule has 0 aliphatic carbocycles. The van der Waals surface area contributed by atoms with Crippen molar-refractivity contribution in [1.82, 2.24) is 15.3 Å². The molecule has 6 rings (SSSR count). The van der Waals surface area contributed by atoms with Crippen LogP contribution in [0.2, 0.25) is 0 Å². The van der Waals surface area contributed by atoms with E-state index in [4.69, 9.17) is 9.15 Å². The second-order valence-electron chi connectivity index (χ2n) is 8.60. The van der Waals surface area contributed by atoms with Gasteiger partial charge in [0.25, 0.3) is 5.91 Å². The zero-order valence-electron chi connectivity index (χ0n) is 19.8. The number of nitrogens with one attached hydrogen (secondary N) is 2. The minimum atomic E-state index is -0.263. The Hall–Kier alpha value is -5.10. The van der Waals surface area contributed by atoms with Gasteiger partial charge in [0.05, 0.1) is 6.26 Å². The fourth-order valence-corrected chi connectivity index (χ4v) is 4.26. The number of para-hydroxylation sites is 2. The largest absolute Gasteiger partial charge is 0.459 e. The molecule has 180 valence electrons. The van der Waals surface area contributed by atoms with Crippen molar-refractivity contribution < 1.29 is 13.9 Å². The van der Waals surface area contributed by atoms with Crippen molar-refractivity contribution in [3.8, 4) is 33.8 Å². The van der Waals surface area contributed by atoms with E-state index in [0.29, 0.717) is 6.54 Å². The molecule has 0 saturated heterocycles. The van der Waals surface area contributed by atoms with E-state index in [-0.39, 0.29) is 11.7 Å². The first kappa shape index (κ1) is 22.4. The molecule has 6 heteroatoms. The lowest BCUT2D eigenvalue weighted by molar-refractivity contribution is 0.0923. The summed E-state index contributed by atoms with van der Waals surface area (Å²) in [6.07, 6.45) is 5.30. The highest BCUT2D eigenvalue weighted by Crippen LogP contribution is 2.36. The molecule has 0 radical (unpaired) electrons. The number of nitrogens with zero attached hydrogens (tertiary/aromatic N) is 1. The van der Waals surface area contributed by atoms with Gasteiger partial charge < -0.3 is 19.5 Å². The molecule has 0 aliphatic heterocycles. The fraction of sp³-hybridized carbons (Fsp3) is 0.0323. The molecule has 0 bridgehead atoms. The van der Waals surface area contributed by atoms with Crippen LogP contribution in [0.5, 0.6) is 11.5 Å². The second-order valence-corrected chi connectivity index (χ2v) is 8.60. The lowest BCUT2D eigenvalue weighted by Crippen LogP contribution is -2.22. The Morgan fingerprint density at radius 2 is 1.62 bits per heavy atom. The van der Waals surface area contributed by atoms with Gasteiger partial charge in [-0.05, 0) is 35.9 Å². The molecule has 0 atom stereocenters. The maximum Gasteiger partial charge on any atom is 0.287 e. The van der Waals surface area contributed by atoms with Crippen LogP contribution in [-0.2, 0) is 6.54 Å². The van der Waals surface area contributed by atoms with E-state index >= 15 is 0 Å². The van der Waals surface area contributed by atoms with Crippen molar-refractivity contribution in [2.45, 2.75) is 6.54 Å². The summed E-state index contributed by atoms with van der Waals surface area (Å²) < 4.78 is 11.8. The van der Waals surface area contributed by atoms with Crippen LogP contribution in [0.15, 0.2) is 120 Å². The van der Waals surface area contributed by atoms with Crippen LogP contribution >= 0.6 is 0 Å². The maximum absolute atomic E-state index is 12.7. The van der Waals surface area contributed by atoms with Gasteiger partial charge in [-0.15, -0.1) is 0 Å². The lowest BCUT2D eigenvalue weighted by Gasteiger charge is -2.11. The molecule has 3 aromatic heterocycles. The molecular weight excluding hydrogens is 462 g/mol. The first-order valence-corrected chi connectivity index (χ1v) is 11.9. The van der Waals surface area contributed by atoms with Gasteiger partial charge >= 0.3 is 0 Å². The molecular formula is C31H23N3O3. The van der Waals surface area contributed by atoms with Crippen LogP contribution in [-0.4, -0.2) is 15.9 Å². The standard InChI is InChI=1S/C31H23N3O3/c35-31(34-17-21-9-3-1-4-10-21)29-16-23(20-36-29)27-19-33-30-26(27)15-22(18-32-30)25-13-7-8-14-28(25)37-24-11-5-2-6-12-24/h1-16,18-20H,17H2,(H,32,33)(H,34,35). The van der Waals surface area contributed by atoms with Crippen LogP contribution in [0.25, 0.3) is 33.3 Å². The first-order chi connectivity index (χ1) is 18.2. The third kappa shape index (κ3) is 4.73. The van der Waals surface area contributed by atoms with Crippen molar-refractivity contribution in [2.75, 3.05) is 0 Å². The molecule has 2 N–H and O–H groups in total. The number of hydrogen-bond donors (Lipinski definition) is 2. The minimum absolute atomic E-state index is 0.256. The third-order valence-corrected chi connectivity index (χ3v) is 6.13. The summed E-state index contributed by atoms with van der Waals surface area (Å²) in [6, 6.07) is 31.2. The lowest BCUT2D eigenvalue weighted by atomic mass is 10.0. The minimum Gasteiger partial charge on any atom is -0.459 e. The summed E-state index contributed by atoms with van der Waals surface area (Å²) in [7, 11) is 0. The summed E-state index contributed by atoms with van der Waals surface area (Å²) in [4.78, 5) is 20.5. The highest BCUT2D eigenvalue weighted by molar-refractivity contribution is 5.98. The topological polar surface area (TPSA) is 80.2 Å². The van der Waals surface area contributed by atoms with Gasteiger partial charge in [0.15, 0.2) is 5.76 Å². The van der Waals surface area contributed by atoms with Gasteiger partial charge in [-0.1, -0.05) is 66.7 Å². The number of amides is 1. The molecule has 3 heterocycles. The number of aromatic nitrogens is 2. The normalized spacial score (nSPS) is 10.9.